The van der Waals surface area contributed by atoms with Crippen molar-refractivity contribution >= 4 is 5.97 Å². The fraction of sp³-hybridized carbons (Fsp3) is 0.486. The van der Waals surface area contributed by atoms with Crippen LogP contribution in [0.5, 0.6) is 0 Å². The number of carboxylic acids is 1. The molecule has 0 radical (unpaired) electrons. The summed E-state index contributed by atoms with van der Waals surface area (Å²) < 4.78 is 16.4. The van der Waals surface area contributed by atoms with Gasteiger partial charge in [-0.3, -0.25) is 4.68 Å². The molecule has 1 aromatic heterocycles. The van der Waals surface area contributed by atoms with Crippen LogP contribution in [0.4, 0.5) is 4.39 Å². The molecule has 2 heterocycles. The van der Waals surface area contributed by atoms with Crippen molar-refractivity contribution < 1.29 is 14.3 Å². The van der Waals surface area contributed by atoms with Gasteiger partial charge in [-0.1, -0.05) is 48.0 Å². The van der Waals surface area contributed by atoms with Crippen molar-refractivity contribution in [1.29, 1.82) is 0 Å². The number of nitrogens with zero attached hydrogens (tertiary/aromatic N) is 3. The molecular weight excluding hydrogens is 513 g/mol. The summed E-state index contributed by atoms with van der Waals surface area (Å²) in [5.74, 6) is 0.521. The minimum Gasteiger partial charge on any atom is -0.478 e. The zero-order valence-corrected chi connectivity index (χ0v) is 24.1. The third-order valence-corrected chi connectivity index (χ3v) is 9.58. The quantitative estimate of drug-likeness (QED) is 0.269. The first-order valence-corrected chi connectivity index (χ1v) is 15.5. The second kappa shape index (κ2) is 12.3. The highest BCUT2D eigenvalue weighted by atomic mass is 19.1. The maximum absolute atomic E-state index is 14.2. The number of benzene rings is 2. The number of halogens is 1. The average Bonchev–Trinajstić information content (AvgIpc) is 3.57. The average molecular weight is 556 g/mol. The van der Waals surface area contributed by atoms with Gasteiger partial charge in [0.25, 0.3) is 0 Å². The van der Waals surface area contributed by atoms with Gasteiger partial charge in [-0.05, 0) is 112 Å². The molecule has 0 unspecified atom stereocenters. The molecule has 0 amide bonds. The van der Waals surface area contributed by atoms with Crippen molar-refractivity contribution in [2.24, 2.45) is 11.8 Å². The number of aryl methyl sites for hydroxylation is 1. The van der Waals surface area contributed by atoms with E-state index in [1.807, 2.05) is 6.07 Å². The summed E-state index contributed by atoms with van der Waals surface area (Å²) in [6.45, 7) is 6.02. The van der Waals surface area contributed by atoms with E-state index in [4.69, 9.17) is 5.10 Å². The Morgan fingerprint density at radius 1 is 1.00 bits per heavy atom. The zero-order chi connectivity index (χ0) is 28.3. The Morgan fingerprint density at radius 3 is 2.46 bits per heavy atom. The Labute approximate surface area is 243 Å². The van der Waals surface area contributed by atoms with Crippen LogP contribution < -0.4 is 0 Å². The van der Waals surface area contributed by atoms with E-state index >= 15 is 0 Å². The van der Waals surface area contributed by atoms with E-state index < -0.39 is 5.97 Å². The number of aromatic nitrogens is 2. The molecular formula is C35H42FN3O2. The molecule has 5 nitrogen and oxygen atoms in total. The molecule has 3 fully saturated rings. The SMILES string of the molecule is CCn1nc(Cc2ccccc2)cc1C1CCN(C[C@H]2C/C(=C(\CC3CC3)C(=O)O)C[C@@H]2c2cccc(F)c2)CC1. The van der Waals surface area contributed by atoms with Gasteiger partial charge >= 0.3 is 5.97 Å². The van der Waals surface area contributed by atoms with Crippen molar-refractivity contribution in [1.82, 2.24) is 14.7 Å². The summed E-state index contributed by atoms with van der Waals surface area (Å²) in [6.07, 6.45) is 7.56. The molecule has 1 aliphatic heterocycles. The molecule has 0 spiro atoms. The van der Waals surface area contributed by atoms with Crippen molar-refractivity contribution in [2.75, 3.05) is 19.6 Å². The second-order valence-electron chi connectivity index (χ2n) is 12.5. The fourth-order valence-corrected chi connectivity index (χ4v) is 7.24. The number of carboxylic acid groups (broad SMARTS) is 1. The van der Waals surface area contributed by atoms with Gasteiger partial charge in [-0.25, -0.2) is 9.18 Å². The predicted octanol–water partition coefficient (Wildman–Crippen LogP) is 7.19. The number of hydrogen-bond acceptors (Lipinski definition) is 3. The van der Waals surface area contributed by atoms with Gasteiger partial charge in [0.15, 0.2) is 0 Å². The predicted molar refractivity (Wildman–Crippen MR) is 159 cm³/mol. The highest BCUT2D eigenvalue weighted by Gasteiger charge is 2.37. The van der Waals surface area contributed by atoms with E-state index in [-0.39, 0.29) is 11.7 Å². The van der Waals surface area contributed by atoms with E-state index in [2.05, 4.69) is 52.9 Å². The minimum absolute atomic E-state index is 0.161. The number of aliphatic carboxylic acids is 1. The molecule has 1 saturated heterocycles. The van der Waals surface area contributed by atoms with Crippen LogP contribution >= 0.6 is 0 Å². The molecule has 2 aromatic carbocycles. The van der Waals surface area contributed by atoms with E-state index in [9.17, 15) is 14.3 Å². The number of rotatable bonds is 10. The van der Waals surface area contributed by atoms with Gasteiger partial charge in [0.2, 0.25) is 0 Å². The van der Waals surface area contributed by atoms with Crippen LogP contribution in [-0.2, 0) is 17.8 Å². The summed E-state index contributed by atoms with van der Waals surface area (Å²) >= 11 is 0. The largest absolute Gasteiger partial charge is 0.478 e. The highest BCUT2D eigenvalue weighted by Crippen LogP contribution is 2.47. The van der Waals surface area contributed by atoms with Crippen molar-refractivity contribution in [2.45, 2.75) is 76.7 Å². The molecule has 3 aromatic rings. The van der Waals surface area contributed by atoms with Crippen molar-refractivity contribution in [3.05, 3.63) is 100 Å². The Hall–Kier alpha value is -3.25. The van der Waals surface area contributed by atoms with E-state index in [0.29, 0.717) is 29.7 Å². The second-order valence-corrected chi connectivity index (χ2v) is 12.5. The van der Waals surface area contributed by atoms with Crippen LogP contribution in [0.2, 0.25) is 0 Å². The smallest absolute Gasteiger partial charge is 0.331 e. The lowest BCUT2D eigenvalue weighted by atomic mass is 9.87. The van der Waals surface area contributed by atoms with E-state index in [1.165, 1.54) is 17.3 Å². The Bertz CT molecular complexity index is 1390. The van der Waals surface area contributed by atoms with Gasteiger partial charge in [-0.15, -0.1) is 0 Å². The summed E-state index contributed by atoms with van der Waals surface area (Å²) in [7, 11) is 0. The lowest BCUT2D eigenvalue weighted by Gasteiger charge is -2.35. The van der Waals surface area contributed by atoms with Gasteiger partial charge in [0, 0.05) is 36.7 Å². The maximum atomic E-state index is 14.2. The number of carbonyl (C=O) groups is 1. The molecule has 216 valence electrons. The van der Waals surface area contributed by atoms with Gasteiger partial charge in [0.1, 0.15) is 5.82 Å². The monoisotopic (exact) mass is 555 g/mol. The lowest BCUT2D eigenvalue weighted by Crippen LogP contribution is -2.37. The molecule has 2 aliphatic carbocycles. The molecule has 6 heteroatoms. The first kappa shape index (κ1) is 27.9. The summed E-state index contributed by atoms with van der Waals surface area (Å²) in [4.78, 5) is 14.8. The van der Waals surface area contributed by atoms with Crippen LogP contribution in [0, 0.1) is 17.7 Å². The Kier molecular flexibility index (Phi) is 8.38. The first-order chi connectivity index (χ1) is 20.0. The van der Waals surface area contributed by atoms with Gasteiger partial charge < -0.3 is 10.0 Å². The Balaban J connectivity index is 1.14. The van der Waals surface area contributed by atoms with Crippen molar-refractivity contribution in [3.8, 4) is 0 Å². The molecule has 3 aliphatic rings. The topological polar surface area (TPSA) is 58.4 Å². The number of piperidine rings is 1. The van der Waals surface area contributed by atoms with Crippen molar-refractivity contribution in [3.63, 3.8) is 0 Å². The third kappa shape index (κ3) is 6.64. The Morgan fingerprint density at radius 2 is 1.78 bits per heavy atom. The van der Waals surface area contributed by atoms with Crippen LogP contribution in [0.1, 0.15) is 86.2 Å². The summed E-state index contributed by atoms with van der Waals surface area (Å²) in [6, 6.07) is 19.8. The molecule has 2 saturated carbocycles. The van der Waals surface area contributed by atoms with Gasteiger partial charge in [-0.2, -0.15) is 5.10 Å². The molecule has 2 atom stereocenters. The standard InChI is InChI=1S/C35H42FN3O2/c1-2-39-34(22-31(37-39)17-24-7-4-3-5-8-24)26-13-15-38(16-14-26)23-29-19-28(33(35(40)41)18-25-11-12-25)21-32(29)27-9-6-10-30(36)20-27/h3-10,20,22,25-26,29,32H,2,11-19,21,23H2,1H3,(H,40,41)/b33-28-/t29-,32-/m1/s1. The summed E-state index contributed by atoms with van der Waals surface area (Å²) in [5, 5.41) is 15.0. The van der Waals surface area contributed by atoms with E-state index in [1.54, 1.807) is 12.1 Å². The van der Waals surface area contributed by atoms with Gasteiger partial charge in [0.05, 0.1) is 5.69 Å². The first-order valence-electron chi connectivity index (χ1n) is 15.5. The number of likely N-dealkylation sites (tertiary alicyclic amines) is 1. The highest BCUT2D eigenvalue weighted by molar-refractivity contribution is 5.87. The summed E-state index contributed by atoms with van der Waals surface area (Å²) in [5.41, 5.74) is 6.52. The van der Waals surface area contributed by atoms with Crippen LogP contribution in [0.15, 0.2) is 71.8 Å². The number of hydrogen-bond donors (Lipinski definition) is 1. The maximum Gasteiger partial charge on any atom is 0.331 e. The number of allylic oxidation sites excluding steroid dienone is 1. The molecule has 0 bridgehead atoms. The third-order valence-electron chi connectivity index (χ3n) is 9.58. The van der Waals surface area contributed by atoms with Crippen LogP contribution in [0.3, 0.4) is 0 Å². The lowest BCUT2D eigenvalue weighted by molar-refractivity contribution is -0.132. The molecule has 6 rings (SSSR count). The minimum atomic E-state index is -0.759. The van der Waals surface area contributed by atoms with E-state index in [0.717, 1.165) is 88.0 Å². The normalized spacial score (nSPS) is 23.2. The fourth-order valence-electron chi connectivity index (χ4n) is 7.24. The molecule has 41 heavy (non-hydrogen) atoms. The zero-order valence-electron chi connectivity index (χ0n) is 24.1. The van der Waals surface area contributed by atoms with Crippen LogP contribution in [-0.4, -0.2) is 45.4 Å². The molecule has 1 N–H and O–H groups in total. The van der Waals surface area contributed by atoms with Crippen LogP contribution in [0.25, 0.3) is 0 Å².